The molecule has 0 spiro atoms. The van der Waals surface area contributed by atoms with Crippen LogP contribution in [0.1, 0.15) is 37.3 Å². The van der Waals surface area contributed by atoms with Gasteiger partial charge in [-0.05, 0) is 42.9 Å². The zero-order valence-electron chi connectivity index (χ0n) is 13.9. The summed E-state index contributed by atoms with van der Waals surface area (Å²) < 4.78 is 0. The van der Waals surface area contributed by atoms with E-state index >= 15 is 0 Å². The monoisotopic (exact) mass is 293 g/mol. The molecule has 2 aromatic rings. The SMILES string of the molecule is C=C(CCc1ccc(-c2cccc(C)c2)cc1)NCCCC. The second-order valence-corrected chi connectivity index (χ2v) is 5.95. The summed E-state index contributed by atoms with van der Waals surface area (Å²) in [4.78, 5) is 0. The lowest BCUT2D eigenvalue weighted by Gasteiger charge is -2.09. The first-order valence-corrected chi connectivity index (χ1v) is 8.26. The Balaban J connectivity index is 1.88. The van der Waals surface area contributed by atoms with E-state index in [1.54, 1.807) is 0 Å². The van der Waals surface area contributed by atoms with Crippen LogP contribution in [0.2, 0.25) is 0 Å². The molecule has 0 aliphatic carbocycles. The largest absolute Gasteiger partial charge is 0.389 e. The molecule has 0 heterocycles. The number of aryl methyl sites for hydroxylation is 2. The number of allylic oxidation sites excluding steroid dienone is 1. The molecule has 0 saturated heterocycles. The first kappa shape index (κ1) is 16.4. The average Bonchev–Trinajstić information content (AvgIpc) is 2.54. The molecule has 0 atom stereocenters. The summed E-state index contributed by atoms with van der Waals surface area (Å²) in [5, 5.41) is 3.40. The van der Waals surface area contributed by atoms with E-state index in [-0.39, 0.29) is 0 Å². The average molecular weight is 293 g/mol. The first-order chi connectivity index (χ1) is 10.7. The minimum absolute atomic E-state index is 1.01. The molecule has 0 aliphatic heterocycles. The van der Waals surface area contributed by atoms with Crippen LogP contribution in [0.25, 0.3) is 11.1 Å². The Bertz CT molecular complexity index is 596. The number of hydrogen-bond donors (Lipinski definition) is 1. The summed E-state index contributed by atoms with van der Waals surface area (Å²) in [5.74, 6) is 0. The van der Waals surface area contributed by atoms with Crippen molar-refractivity contribution >= 4 is 0 Å². The third kappa shape index (κ3) is 5.07. The normalized spacial score (nSPS) is 10.5. The van der Waals surface area contributed by atoms with Crippen LogP contribution in [0.5, 0.6) is 0 Å². The summed E-state index contributed by atoms with van der Waals surface area (Å²) >= 11 is 0. The summed E-state index contributed by atoms with van der Waals surface area (Å²) in [6, 6.07) is 17.6. The second-order valence-electron chi connectivity index (χ2n) is 5.95. The predicted octanol–water partition coefficient (Wildman–Crippen LogP) is 5.50. The molecule has 2 rings (SSSR count). The van der Waals surface area contributed by atoms with Crippen LogP contribution < -0.4 is 5.32 Å². The summed E-state index contributed by atoms with van der Waals surface area (Å²) in [7, 11) is 0. The third-order valence-electron chi connectivity index (χ3n) is 3.93. The van der Waals surface area contributed by atoms with Gasteiger partial charge < -0.3 is 5.32 Å². The van der Waals surface area contributed by atoms with E-state index < -0.39 is 0 Å². The summed E-state index contributed by atoms with van der Waals surface area (Å²) in [6.45, 7) is 9.49. The molecule has 0 fully saturated rings. The molecular formula is C21H27N. The van der Waals surface area contributed by atoms with E-state index in [0.717, 1.165) is 25.1 Å². The fourth-order valence-electron chi connectivity index (χ4n) is 2.51. The third-order valence-corrected chi connectivity index (χ3v) is 3.93. The number of unbranched alkanes of at least 4 members (excludes halogenated alkanes) is 1. The molecule has 0 saturated carbocycles. The van der Waals surface area contributed by atoms with Crippen molar-refractivity contribution in [1.29, 1.82) is 0 Å². The van der Waals surface area contributed by atoms with E-state index in [0.29, 0.717) is 0 Å². The number of hydrogen-bond acceptors (Lipinski definition) is 1. The smallest absolute Gasteiger partial charge is 0.0143 e. The highest BCUT2D eigenvalue weighted by Gasteiger charge is 2.00. The summed E-state index contributed by atoms with van der Waals surface area (Å²) in [5.41, 5.74) is 6.40. The molecule has 2 aromatic carbocycles. The second kappa shape index (κ2) is 8.43. The highest BCUT2D eigenvalue weighted by Crippen LogP contribution is 2.21. The molecule has 0 unspecified atom stereocenters. The van der Waals surface area contributed by atoms with Crippen LogP contribution in [0.15, 0.2) is 60.8 Å². The van der Waals surface area contributed by atoms with Crippen molar-refractivity contribution < 1.29 is 0 Å². The fraction of sp³-hybridized carbons (Fsp3) is 0.333. The molecular weight excluding hydrogens is 266 g/mol. The molecule has 0 aromatic heterocycles. The lowest BCUT2D eigenvalue weighted by Crippen LogP contribution is -2.14. The Morgan fingerprint density at radius 3 is 2.50 bits per heavy atom. The van der Waals surface area contributed by atoms with Gasteiger partial charge in [0.25, 0.3) is 0 Å². The lowest BCUT2D eigenvalue weighted by molar-refractivity contribution is 0.685. The van der Waals surface area contributed by atoms with Gasteiger partial charge in [0.15, 0.2) is 0 Å². The first-order valence-electron chi connectivity index (χ1n) is 8.26. The van der Waals surface area contributed by atoms with Gasteiger partial charge in [-0.3, -0.25) is 0 Å². The van der Waals surface area contributed by atoms with Gasteiger partial charge in [0.1, 0.15) is 0 Å². The van der Waals surface area contributed by atoms with Crippen molar-refractivity contribution in [3.63, 3.8) is 0 Å². The quantitative estimate of drug-likeness (QED) is 0.634. The van der Waals surface area contributed by atoms with Crippen LogP contribution in [-0.4, -0.2) is 6.54 Å². The van der Waals surface area contributed by atoms with Gasteiger partial charge in [0, 0.05) is 12.2 Å². The van der Waals surface area contributed by atoms with Crippen LogP contribution in [0.4, 0.5) is 0 Å². The molecule has 1 heteroatoms. The highest BCUT2D eigenvalue weighted by atomic mass is 14.9. The number of rotatable bonds is 8. The maximum atomic E-state index is 4.11. The Labute approximate surface area is 135 Å². The van der Waals surface area contributed by atoms with E-state index in [4.69, 9.17) is 0 Å². The van der Waals surface area contributed by atoms with Gasteiger partial charge in [-0.1, -0.05) is 74.0 Å². The highest BCUT2D eigenvalue weighted by molar-refractivity contribution is 5.64. The minimum Gasteiger partial charge on any atom is -0.389 e. The molecule has 1 N–H and O–H groups in total. The lowest BCUT2D eigenvalue weighted by atomic mass is 10.0. The van der Waals surface area contributed by atoms with Crippen molar-refractivity contribution in [3.8, 4) is 11.1 Å². The standard InChI is InChI=1S/C21H27N/c1-4-5-15-22-18(3)9-10-19-11-13-20(14-12-19)21-8-6-7-17(2)16-21/h6-8,11-14,16,22H,3-5,9-10,15H2,1-2H3. The van der Waals surface area contributed by atoms with Crippen LogP contribution >= 0.6 is 0 Å². The molecule has 0 bridgehead atoms. The van der Waals surface area contributed by atoms with Crippen LogP contribution in [-0.2, 0) is 6.42 Å². The van der Waals surface area contributed by atoms with Gasteiger partial charge in [-0.25, -0.2) is 0 Å². The van der Waals surface area contributed by atoms with Crippen molar-refractivity contribution in [2.24, 2.45) is 0 Å². The van der Waals surface area contributed by atoms with E-state index in [2.05, 4.69) is 74.3 Å². The van der Waals surface area contributed by atoms with Gasteiger partial charge in [-0.2, -0.15) is 0 Å². The maximum Gasteiger partial charge on any atom is 0.0143 e. The molecule has 0 aliphatic rings. The molecule has 0 radical (unpaired) electrons. The molecule has 1 nitrogen and oxygen atoms in total. The van der Waals surface area contributed by atoms with Crippen molar-refractivity contribution in [3.05, 3.63) is 71.9 Å². The zero-order chi connectivity index (χ0) is 15.8. The molecule has 0 amide bonds. The number of benzene rings is 2. The van der Waals surface area contributed by atoms with Gasteiger partial charge in [0.2, 0.25) is 0 Å². The Morgan fingerprint density at radius 2 is 1.82 bits per heavy atom. The van der Waals surface area contributed by atoms with Crippen LogP contribution in [0, 0.1) is 6.92 Å². The molecule has 22 heavy (non-hydrogen) atoms. The fourth-order valence-corrected chi connectivity index (χ4v) is 2.51. The summed E-state index contributed by atoms with van der Waals surface area (Å²) in [6.07, 6.45) is 4.49. The minimum atomic E-state index is 1.01. The van der Waals surface area contributed by atoms with Crippen molar-refractivity contribution in [2.45, 2.75) is 39.5 Å². The van der Waals surface area contributed by atoms with Gasteiger partial charge >= 0.3 is 0 Å². The number of nitrogens with one attached hydrogen (secondary N) is 1. The topological polar surface area (TPSA) is 12.0 Å². The van der Waals surface area contributed by atoms with Crippen molar-refractivity contribution in [2.75, 3.05) is 6.54 Å². The Hall–Kier alpha value is -2.02. The Kier molecular flexibility index (Phi) is 6.27. The van der Waals surface area contributed by atoms with E-state index in [1.807, 2.05) is 0 Å². The van der Waals surface area contributed by atoms with Gasteiger partial charge in [0.05, 0.1) is 0 Å². The van der Waals surface area contributed by atoms with Gasteiger partial charge in [-0.15, -0.1) is 0 Å². The maximum absolute atomic E-state index is 4.11. The Morgan fingerprint density at radius 1 is 1.05 bits per heavy atom. The van der Waals surface area contributed by atoms with E-state index in [1.165, 1.54) is 35.1 Å². The molecule has 116 valence electrons. The van der Waals surface area contributed by atoms with Crippen molar-refractivity contribution in [1.82, 2.24) is 5.32 Å². The van der Waals surface area contributed by atoms with E-state index in [9.17, 15) is 0 Å². The zero-order valence-corrected chi connectivity index (χ0v) is 13.9. The van der Waals surface area contributed by atoms with Crippen LogP contribution in [0.3, 0.4) is 0 Å². The predicted molar refractivity (Wildman–Crippen MR) is 97.0 cm³/mol.